The molecule has 2 heteroatoms. The van der Waals surface area contributed by atoms with Crippen molar-refractivity contribution in [1.82, 2.24) is 0 Å². The molecule has 2 aromatic rings. The van der Waals surface area contributed by atoms with Crippen LogP contribution in [0.1, 0.15) is 37.5 Å². The van der Waals surface area contributed by atoms with E-state index in [1.165, 1.54) is 5.56 Å². The molecule has 20 heavy (non-hydrogen) atoms. The first-order valence-corrected chi connectivity index (χ1v) is 7.23. The topological polar surface area (TPSA) is 29.5 Å². The van der Waals surface area contributed by atoms with Gasteiger partial charge in [0.1, 0.15) is 18.0 Å². The monoisotopic (exact) mass is 270 g/mol. The Hall–Kier alpha value is -1.80. The van der Waals surface area contributed by atoms with Crippen molar-refractivity contribution in [3.05, 3.63) is 65.7 Å². The molecule has 0 saturated heterocycles. The molecule has 1 N–H and O–H groups in total. The zero-order chi connectivity index (χ0) is 14.4. The predicted octanol–water partition coefficient (Wildman–Crippen LogP) is 4.14. The number of hydrogen-bond acceptors (Lipinski definition) is 2. The van der Waals surface area contributed by atoms with E-state index in [0.29, 0.717) is 0 Å². The van der Waals surface area contributed by atoms with Crippen molar-refractivity contribution in [2.24, 2.45) is 0 Å². The fourth-order valence-electron chi connectivity index (χ4n) is 2.21. The van der Waals surface area contributed by atoms with Crippen molar-refractivity contribution >= 4 is 0 Å². The quantitative estimate of drug-likeness (QED) is 0.854. The van der Waals surface area contributed by atoms with Crippen LogP contribution in [0.2, 0.25) is 0 Å². The number of aliphatic hydroxyl groups is 1. The molecule has 0 aromatic heterocycles. The molecular weight excluding hydrogens is 248 g/mol. The minimum Gasteiger partial charge on any atom is -0.487 e. The van der Waals surface area contributed by atoms with Gasteiger partial charge >= 0.3 is 0 Å². The van der Waals surface area contributed by atoms with Crippen molar-refractivity contribution in [3.63, 3.8) is 0 Å². The number of aliphatic hydroxyl groups excluding tert-OH is 1. The van der Waals surface area contributed by atoms with Crippen LogP contribution in [0.5, 0.6) is 5.75 Å². The molecule has 0 bridgehead atoms. The Bertz CT molecular complexity index is 505. The second-order valence-electron chi connectivity index (χ2n) is 4.92. The maximum atomic E-state index is 10.4. The van der Waals surface area contributed by atoms with Crippen LogP contribution in [0.4, 0.5) is 0 Å². The van der Waals surface area contributed by atoms with Gasteiger partial charge in [-0.15, -0.1) is 0 Å². The Labute approximate surface area is 121 Å². The molecule has 0 aliphatic heterocycles. The molecule has 0 spiro atoms. The molecule has 0 radical (unpaired) electrons. The van der Waals surface area contributed by atoms with Crippen LogP contribution in [0.25, 0.3) is 0 Å². The second-order valence-corrected chi connectivity index (χ2v) is 4.92. The maximum Gasteiger partial charge on any atom is 0.128 e. The Balaban J connectivity index is 2.08. The zero-order valence-corrected chi connectivity index (χ0v) is 12.1. The lowest BCUT2D eigenvalue weighted by Gasteiger charge is -2.23. The van der Waals surface area contributed by atoms with Crippen LogP contribution in [0, 0.1) is 0 Å². The van der Waals surface area contributed by atoms with E-state index in [9.17, 15) is 5.11 Å². The summed E-state index contributed by atoms with van der Waals surface area (Å²) in [5.41, 5.74) is 2.18. The van der Waals surface area contributed by atoms with Gasteiger partial charge in [0.2, 0.25) is 0 Å². The largest absolute Gasteiger partial charge is 0.487 e. The number of benzene rings is 2. The smallest absolute Gasteiger partial charge is 0.128 e. The van der Waals surface area contributed by atoms with Crippen LogP contribution in [0.15, 0.2) is 54.6 Å². The second kappa shape index (κ2) is 7.11. The molecule has 2 nitrogen and oxygen atoms in total. The highest BCUT2D eigenvalue weighted by Crippen LogP contribution is 2.24. The van der Waals surface area contributed by atoms with Crippen LogP contribution < -0.4 is 4.74 Å². The molecule has 2 aromatic carbocycles. The standard InChI is InChI=1S/C18H22O2/c1-3-14-10-12-16(13-11-14)20-17(4-2)18(19)15-8-6-5-7-9-15/h5-13,17-19H,3-4H2,1-2H3. The highest BCUT2D eigenvalue weighted by Gasteiger charge is 2.20. The minimum atomic E-state index is -0.605. The predicted molar refractivity (Wildman–Crippen MR) is 81.9 cm³/mol. The van der Waals surface area contributed by atoms with Gasteiger partial charge in [0, 0.05) is 0 Å². The van der Waals surface area contributed by atoms with Crippen LogP contribution >= 0.6 is 0 Å². The van der Waals surface area contributed by atoms with Gasteiger partial charge in [-0.1, -0.05) is 56.3 Å². The van der Waals surface area contributed by atoms with E-state index >= 15 is 0 Å². The summed E-state index contributed by atoms with van der Waals surface area (Å²) in [4.78, 5) is 0. The number of hydrogen-bond donors (Lipinski definition) is 1. The summed E-state index contributed by atoms with van der Waals surface area (Å²) < 4.78 is 5.93. The molecular formula is C18H22O2. The van der Waals surface area contributed by atoms with E-state index in [2.05, 4.69) is 19.1 Å². The van der Waals surface area contributed by atoms with Crippen LogP contribution in [-0.4, -0.2) is 11.2 Å². The van der Waals surface area contributed by atoms with Crippen LogP contribution in [-0.2, 0) is 6.42 Å². The van der Waals surface area contributed by atoms with Crippen molar-refractivity contribution in [2.75, 3.05) is 0 Å². The maximum absolute atomic E-state index is 10.4. The van der Waals surface area contributed by atoms with E-state index in [0.717, 1.165) is 24.2 Å². The minimum absolute atomic E-state index is 0.232. The van der Waals surface area contributed by atoms with Crippen molar-refractivity contribution in [1.29, 1.82) is 0 Å². The first-order valence-electron chi connectivity index (χ1n) is 7.23. The van der Waals surface area contributed by atoms with Gasteiger partial charge in [0.05, 0.1) is 0 Å². The van der Waals surface area contributed by atoms with E-state index in [1.54, 1.807) is 0 Å². The Morgan fingerprint density at radius 2 is 1.60 bits per heavy atom. The summed E-state index contributed by atoms with van der Waals surface area (Å²) in [7, 11) is 0. The molecule has 0 aliphatic rings. The van der Waals surface area contributed by atoms with E-state index in [-0.39, 0.29) is 6.10 Å². The van der Waals surface area contributed by atoms with Crippen molar-refractivity contribution in [3.8, 4) is 5.75 Å². The molecule has 2 rings (SSSR count). The Kier molecular flexibility index (Phi) is 5.19. The highest BCUT2D eigenvalue weighted by atomic mass is 16.5. The van der Waals surface area contributed by atoms with Gasteiger partial charge in [0.15, 0.2) is 0 Å². The SMILES string of the molecule is CCc1ccc(OC(CC)C(O)c2ccccc2)cc1. The summed E-state index contributed by atoms with van der Waals surface area (Å²) in [6, 6.07) is 17.7. The Morgan fingerprint density at radius 3 is 2.15 bits per heavy atom. The number of rotatable bonds is 6. The molecule has 0 heterocycles. The van der Waals surface area contributed by atoms with Crippen molar-refractivity contribution in [2.45, 2.75) is 38.9 Å². The number of aryl methyl sites for hydroxylation is 1. The molecule has 2 atom stereocenters. The lowest BCUT2D eigenvalue weighted by Crippen LogP contribution is -2.24. The first-order chi connectivity index (χ1) is 9.74. The lowest BCUT2D eigenvalue weighted by atomic mass is 10.0. The van der Waals surface area contributed by atoms with Gasteiger partial charge in [0.25, 0.3) is 0 Å². The lowest BCUT2D eigenvalue weighted by molar-refractivity contribution is 0.0332. The summed E-state index contributed by atoms with van der Waals surface area (Å²) >= 11 is 0. The summed E-state index contributed by atoms with van der Waals surface area (Å²) in [6.07, 6.45) is 0.937. The third-order valence-corrected chi connectivity index (χ3v) is 3.51. The average molecular weight is 270 g/mol. The van der Waals surface area contributed by atoms with Gasteiger partial charge in [-0.3, -0.25) is 0 Å². The van der Waals surface area contributed by atoms with Gasteiger partial charge in [-0.25, -0.2) is 0 Å². The van der Waals surface area contributed by atoms with Crippen molar-refractivity contribution < 1.29 is 9.84 Å². The fourth-order valence-corrected chi connectivity index (χ4v) is 2.21. The van der Waals surface area contributed by atoms with E-state index < -0.39 is 6.10 Å². The van der Waals surface area contributed by atoms with Gasteiger partial charge in [-0.2, -0.15) is 0 Å². The van der Waals surface area contributed by atoms with E-state index in [4.69, 9.17) is 4.74 Å². The normalized spacial score (nSPS) is 13.8. The van der Waals surface area contributed by atoms with Crippen LogP contribution in [0.3, 0.4) is 0 Å². The molecule has 2 unspecified atom stereocenters. The zero-order valence-electron chi connectivity index (χ0n) is 12.1. The molecule has 0 amide bonds. The van der Waals surface area contributed by atoms with Gasteiger partial charge in [-0.05, 0) is 36.1 Å². The molecule has 0 fully saturated rings. The number of ether oxygens (including phenoxy) is 1. The average Bonchev–Trinajstić information content (AvgIpc) is 2.53. The third-order valence-electron chi connectivity index (χ3n) is 3.51. The summed E-state index contributed by atoms with van der Waals surface area (Å²) in [5.74, 6) is 0.809. The third kappa shape index (κ3) is 3.61. The fraction of sp³-hybridized carbons (Fsp3) is 0.333. The summed E-state index contributed by atoms with van der Waals surface area (Å²) in [5, 5.41) is 10.4. The summed E-state index contributed by atoms with van der Waals surface area (Å²) in [6.45, 7) is 4.15. The molecule has 0 aliphatic carbocycles. The molecule has 106 valence electrons. The molecule has 0 saturated carbocycles. The Morgan fingerprint density at radius 1 is 0.950 bits per heavy atom. The first kappa shape index (κ1) is 14.6. The van der Waals surface area contributed by atoms with E-state index in [1.807, 2.05) is 49.4 Å². The van der Waals surface area contributed by atoms with Gasteiger partial charge < -0.3 is 9.84 Å². The highest BCUT2D eigenvalue weighted by molar-refractivity contribution is 5.28.